The maximum Gasteiger partial charge on any atom is 0.240 e. The third-order valence-electron chi connectivity index (χ3n) is 2.26. The molecule has 0 aliphatic carbocycles. The topological polar surface area (TPSA) is 65.1 Å². The number of aromatic nitrogens is 1. The fraction of sp³-hybridized carbons (Fsp3) is 0.400. The molecular weight excluding hydrogens is 180 g/mol. The maximum absolute atomic E-state index is 11.1. The molecule has 2 N–H and O–H groups in total. The van der Waals surface area contributed by atoms with Crippen LogP contribution in [0.1, 0.15) is 24.4 Å². The molecule has 0 radical (unpaired) electrons. The molecule has 4 heteroatoms. The monoisotopic (exact) mass is 194 g/mol. The van der Waals surface area contributed by atoms with E-state index in [1.807, 2.05) is 0 Å². The van der Waals surface area contributed by atoms with Crippen LogP contribution in [-0.2, 0) is 4.79 Å². The molecular formula is C10H14N2O2. The van der Waals surface area contributed by atoms with E-state index in [0.29, 0.717) is 0 Å². The molecule has 1 rings (SSSR count). The SMILES string of the molecule is Cc1cc(=O)cc(C)n1C(C)C(N)=O. The van der Waals surface area contributed by atoms with Crippen molar-refractivity contribution in [3.63, 3.8) is 0 Å². The molecule has 0 aromatic carbocycles. The molecule has 1 aromatic heterocycles. The summed E-state index contributed by atoms with van der Waals surface area (Å²) in [4.78, 5) is 22.1. The van der Waals surface area contributed by atoms with Crippen molar-refractivity contribution in [2.24, 2.45) is 5.73 Å². The van der Waals surface area contributed by atoms with Crippen molar-refractivity contribution in [2.75, 3.05) is 0 Å². The summed E-state index contributed by atoms with van der Waals surface area (Å²) in [5.41, 5.74) is 6.66. The number of aryl methyl sites for hydroxylation is 2. The Morgan fingerprint density at radius 2 is 1.79 bits per heavy atom. The van der Waals surface area contributed by atoms with Crippen LogP contribution in [0.25, 0.3) is 0 Å². The summed E-state index contributed by atoms with van der Waals surface area (Å²) >= 11 is 0. The number of primary amides is 1. The second-order valence-corrected chi connectivity index (χ2v) is 3.42. The molecule has 14 heavy (non-hydrogen) atoms. The van der Waals surface area contributed by atoms with E-state index < -0.39 is 11.9 Å². The van der Waals surface area contributed by atoms with E-state index in [9.17, 15) is 9.59 Å². The highest BCUT2D eigenvalue weighted by Gasteiger charge is 2.13. The lowest BCUT2D eigenvalue weighted by molar-refractivity contribution is -0.120. The first-order valence-corrected chi connectivity index (χ1v) is 4.42. The van der Waals surface area contributed by atoms with Crippen LogP contribution in [-0.4, -0.2) is 10.5 Å². The molecule has 0 saturated carbocycles. The summed E-state index contributed by atoms with van der Waals surface area (Å²) in [6.45, 7) is 5.29. The number of carbonyl (C=O) groups is 1. The third-order valence-corrected chi connectivity index (χ3v) is 2.26. The molecule has 0 bridgehead atoms. The maximum atomic E-state index is 11.1. The fourth-order valence-corrected chi connectivity index (χ4v) is 1.61. The van der Waals surface area contributed by atoms with Gasteiger partial charge in [-0.1, -0.05) is 0 Å². The quantitative estimate of drug-likeness (QED) is 0.745. The Bertz CT molecular complexity index is 394. The Balaban J connectivity index is 3.34. The number of amides is 1. The van der Waals surface area contributed by atoms with Gasteiger partial charge in [-0.25, -0.2) is 0 Å². The van der Waals surface area contributed by atoms with Gasteiger partial charge >= 0.3 is 0 Å². The van der Waals surface area contributed by atoms with Crippen LogP contribution < -0.4 is 11.2 Å². The van der Waals surface area contributed by atoms with Gasteiger partial charge in [0, 0.05) is 23.5 Å². The first kappa shape index (κ1) is 10.5. The van der Waals surface area contributed by atoms with E-state index in [1.54, 1.807) is 25.3 Å². The number of nitrogens with zero attached hydrogens (tertiary/aromatic N) is 1. The first-order valence-electron chi connectivity index (χ1n) is 4.42. The van der Waals surface area contributed by atoms with Gasteiger partial charge in [-0.2, -0.15) is 0 Å². The van der Waals surface area contributed by atoms with E-state index in [-0.39, 0.29) is 5.43 Å². The summed E-state index contributed by atoms with van der Waals surface area (Å²) < 4.78 is 1.75. The van der Waals surface area contributed by atoms with E-state index in [2.05, 4.69) is 0 Å². The predicted octanol–water partition coefficient (Wildman–Crippen LogP) is 0.511. The molecule has 76 valence electrons. The molecule has 0 fully saturated rings. The van der Waals surface area contributed by atoms with E-state index in [0.717, 1.165) is 11.4 Å². The third kappa shape index (κ3) is 1.84. The van der Waals surface area contributed by atoms with Gasteiger partial charge in [-0.15, -0.1) is 0 Å². The number of hydrogen-bond acceptors (Lipinski definition) is 2. The average molecular weight is 194 g/mol. The van der Waals surface area contributed by atoms with Gasteiger partial charge in [-0.3, -0.25) is 9.59 Å². The lowest BCUT2D eigenvalue weighted by Crippen LogP contribution is -2.27. The van der Waals surface area contributed by atoms with Crippen molar-refractivity contribution in [2.45, 2.75) is 26.8 Å². The molecule has 0 aliphatic heterocycles. The van der Waals surface area contributed by atoms with E-state index >= 15 is 0 Å². The molecule has 1 unspecified atom stereocenters. The van der Waals surface area contributed by atoms with Crippen LogP contribution >= 0.6 is 0 Å². The van der Waals surface area contributed by atoms with Gasteiger partial charge < -0.3 is 10.3 Å². The van der Waals surface area contributed by atoms with Crippen molar-refractivity contribution < 1.29 is 4.79 Å². The van der Waals surface area contributed by atoms with Crippen molar-refractivity contribution in [3.8, 4) is 0 Å². The lowest BCUT2D eigenvalue weighted by atomic mass is 10.2. The van der Waals surface area contributed by atoms with Crippen LogP contribution in [0.15, 0.2) is 16.9 Å². The minimum Gasteiger partial charge on any atom is -0.368 e. The van der Waals surface area contributed by atoms with Gasteiger partial charge in [0.2, 0.25) is 5.91 Å². The van der Waals surface area contributed by atoms with Gasteiger partial charge in [-0.05, 0) is 20.8 Å². The van der Waals surface area contributed by atoms with E-state index in [1.165, 1.54) is 12.1 Å². The van der Waals surface area contributed by atoms with Crippen LogP contribution in [0.3, 0.4) is 0 Å². The summed E-state index contributed by atoms with van der Waals surface area (Å²) in [6.07, 6.45) is 0. The standard InChI is InChI=1S/C10H14N2O2/c1-6-4-9(13)5-7(2)12(6)8(3)10(11)14/h4-5,8H,1-3H3,(H2,11,14). The summed E-state index contributed by atoms with van der Waals surface area (Å²) in [5.74, 6) is -0.403. The second-order valence-electron chi connectivity index (χ2n) is 3.42. The minimum atomic E-state index is -0.421. The van der Waals surface area contributed by atoms with Crippen LogP contribution in [0, 0.1) is 13.8 Å². The number of hydrogen-bond donors (Lipinski definition) is 1. The zero-order chi connectivity index (χ0) is 10.9. The van der Waals surface area contributed by atoms with Crippen LogP contribution in [0.5, 0.6) is 0 Å². The molecule has 1 heterocycles. The second kappa shape index (κ2) is 3.65. The summed E-state index contributed by atoms with van der Waals surface area (Å²) in [6, 6.07) is 2.56. The molecule has 0 aliphatic rings. The molecule has 1 amide bonds. The first-order chi connectivity index (χ1) is 6.43. The van der Waals surface area contributed by atoms with E-state index in [4.69, 9.17) is 5.73 Å². The molecule has 1 aromatic rings. The van der Waals surface area contributed by atoms with Gasteiger partial charge in [0.1, 0.15) is 6.04 Å². The molecule has 0 spiro atoms. The normalized spacial score (nSPS) is 12.5. The predicted molar refractivity (Wildman–Crippen MR) is 54.1 cm³/mol. The zero-order valence-electron chi connectivity index (χ0n) is 8.57. The smallest absolute Gasteiger partial charge is 0.240 e. The van der Waals surface area contributed by atoms with Crippen molar-refractivity contribution >= 4 is 5.91 Å². The highest BCUT2D eigenvalue weighted by Crippen LogP contribution is 2.10. The molecule has 1 atom stereocenters. The largest absolute Gasteiger partial charge is 0.368 e. The van der Waals surface area contributed by atoms with Gasteiger partial charge in [0.25, 0.3) is 0 Å². The van der Waals surface area contributed by atoms with Crippen LogP contribution in [0.2, 0.25) is 0 Å². The fourth-order valence-electron chi connectivity index (χ4n) is 1.61. The Hall–Kier alpha value is -1.58. The zero-order valence-corrected chi connectivity index (χ0v) is 8.57. The number of carbonyl (C=O) groups excluding carboxylic acids is 1. The van der Waals surface area contributed by atoms with Crippen molar-refractivity contribution in [3.05, 3.63) is 33.7 Å². The number of rotatable bonds is 2. The van der Waals surface area contributed by atoms with Gasteiger partial charge in [0.05, 0.1) is 0 Å². The lowest BCUT2D eigenvalue weighted by Gasteiger charge is -2.18. The molecule has 4 nitrogen and oxygen atoms in total. The van der Waals surface area contributed by atoms with Crippen molar-refractivity contribution in [1.82, 2.24) is 4.57 Å². The van der Waals surface area contributed by atoms with Crippen molar-refractivity contribution in [1.29, 1.82) is 0 Å². The number of pyridine rings is 1. The minimum absolute atomic E-state index is 0.0482. The summed E-state index contributed by atoms with van der Waals surface area (Å²) in [5, 5.41) is 0. The average Bonchev–Trinajstić information content (AvgIpc) is 2.01. The highest BCUT2D eigenvalue weighted by atomic mass is 16.1. The Morgan fingerprint density at radius 3 is 2.14 bits per heavy atom. The number of nitrogens with two attached hydrogens (primary N) is 1. The van der Waals surface area contributed by atoms with Gasteiger partial charge in [0.15, 0.2) is 5.43 Å². The van der Waals surface area contributed by atoms with Crippen LogP contribution in [0.4, 0.5) is 0 Å². The highest BCUT2D eigenvalue weighted by molar-refractivity contribution is 5.78. The Morgan fingerprint density at radius 1 is 1.36 bits per heavy atom. The summed E-state index contributed by atoms with van der Waals surface area (Å²) in [7, 11) is 0. The Kier molecular flexibility index (Phi) is 2.74. The Labute approximate surface area is 82.3 Å². The molecule has 0 saturated heterocycles.